The van der Waals surface area contributed by atoms with Gasteiger partial charge in [-0.05, 0) is 35.5 Å². The van der Waals surface area contributed by atoms with Crippen LogP contribution in [0.2, 0.25) is 0 Å². The van der Waals surface area contributed by atoms with Crippen molar-refractivity contribution in [2.45, 2.75) is 6.42 Å². The van der Waals surface area contributed by atoms with E-state index in [-0.39, 0.29) is 13.0 Å². The fourth-order valence-electron chi connectivity index (χ4n) is 2.36. The number of nitrogens with zero attached hydrogens (tertiary/aromatic N) is 2. The molecule has 0 unspecified atom stereocenters. The molecule has 4 amide bonds. The first-order valence-corrected chi connectivity index (χ1v) is 9.16. The number of nitrogens with one attached hydrogen (secondary N) is 2. The molecule has 1 aliphatic heterocycles. The average molecular weight is 396 g/mol. The van der Waals surface area contributed by atoms with Crippen LogP contribution in [0.15, 0.2) is 59.8 Å². The van der Waals surface area contributed by atoms with Crippen LogP contribution >= 0.6 is 11.8 Å². The Labute approximate surface area is 165 Å². The lowest BCUT2D eigenvalue weighted by atomic mass is 10.2. The van der Waals surface area contributed by atoms with Crippen molar-refractivity contribution in [2.75, 3.05) is 6.54 Å². The van der Waals surface area contributed by atoms with Gasteiger partial charge in [-0.1, -0.05) is 30.3 Å². The topological polar surface area (TPSA) is 108 Å². The van der Waals surface area contributed by atoms with Gasteiger partial charge >= 0.3 is 0 Å². The van der Waals surface area contributed by atoms with E-state index in [4.69, 9.17) is 0 Å². The third-order valence-corrected chi connectivity index (χ3v) is 4.68. The molecule has 0 bridgehead atoms. The molecule has 0 atom stereocenters. The van der Waals surface area contributed by atoms with Crippen molar-refractivity contribution in [3.63, 3.8) is 0 Å². The van der Waals surface area contributed by atoms with Crippen molar-refractivity contribution in [3.8, 4) is 0 Å². The summed E-state index contributed by atoms with van der Waals surface area (Å²) in [7, 11) is 0. The molecule has 2 heterocycles. The van der Waals surface area contributed by atoms with Gasteiger partial charge in [0.2, 0.25) is 5.91 Å². The monoisotopic (exact) mass is 396 g/mol. The second-order valence-electron chi connectivity index (χ2n) is 5.74. The normalized spacial score (nSPS) is 15.0. The van der Waals surface area contributed by atoms with Crippen molar-refractivity contribution in [2.24, 2.45) is 0 Å². The lowest BCUT2D eigenvalue weighted by Crippen LogP contribution is -2.43. The van der Waals surface area contributed by atoms with Gasteiger partial charge in [-0.25, -0.2) is 0 Å². The quantitative estimate of drug-likeness (QED) is 0.591. The molecule has 3 rings (SSSR count). The van der Waals surface area contributed by atoms with Gasteiger partial charge in [-0.2, -0.15) is 0 Å². The van der Waals surface area contributed by atoms with Crippen LogP contribution in [0.25, 0.3) is 6.08 Å². The molecular weight excluding hydrogens is 380 g/mol. The number of hydrogen-bond donors (Lipinski definition) is 2. The minimum atomic E-state index is -0.525. The molecule has 1 aliphatic rings. The van der Waals surface area contributed by atoms with Crippen molar-refractivity contribution in [1.29, 1.82) is 0 Å². The lowest BCUT2D eigenvalue weighted by molar-refractivity contribution is -0.124. The second kappa shape index (κ2) is 8.96. The summed E-state index contributed by atoms with van der Waals surface area (Å²) in [5.41, 5.74) is 5.60. The highest BCUT2D eigenvalue weighted by Crippen LogP contribution is 2.32. The molecule has 1 saturated heterocycles. The summed E-state index contributed by atoms with van der Waals surface area (Å²) in [5, 5.41) is -0.431. The van der Waals surface area contributed by atoms with Gasteiger partial charge in [-0.3, -0.25) is 39.9 Å². The van der Waals surface area contributed by atoms with Crippen LogP contribution in [0.4, 0.5) is 4.79 Å². The van der Waals surface area contributed by atoms with Crippen LogP contribution in [0.1, 0.15) is 22.3 Å². The highest BCUT2D eigenvalue weighted by Gasteiger charge is 2.35. The fourth-order valence-corrected chi connectivity index (χ4v) is 3.23. The Bertz CT molecular complexity index is 931. The zero-order valence-electron chi connectivity index (χ0n) is 14.6. The van der Waals surface area contributed by atoms with E-state index in [1.807, 2.05) is 30.3 Å². The Morgan fingerprint density at radius 2 is 1.86 bits per heavy atom. The predicted octanol–water partition coefficient (Wildman–Crippen LogP) is 1.97. The minimum absolute atomic E-state index is 0.0780. The van der Waals surface area contributed by atoms with Gasteiger partial charge < -0.3 is 0 Å². The maximum absolute atomic E-state index is 12.4. The summed E-state index contributed by atoms with van der Waals surface area (Å²) in [6, 6.07) is 12.3. The number of imide groups is 1. The highest BCUT2D eigenvalue weighted by atomic mass is 32.2. The number of amides is 4. The van der Waals surface area contributed by atoms with Gasteiger partial charge in [0.1, 0.15) is 0 Å². The molecule has 1 aromatic heterocycles. The van der Waals surface area contributed by atoms with E-state index in [0.29, 0.717) is 10.5 Å². The molecule has 0 spiro atoms. The van der Waals surface area contributed by atoms with E-state index in [1.54, 1.807) is 18.2 Å². The van der Waals surface area contributed by atoms with Gasteiger partial charge in [-0.15, -0.1) is 0 Å². The summed E-state index contributed by atoms with van der Waals surface area (Å²) >= 11 is 0.834. The molecule has 8 nitrogen and oxygen atoms in total. The Morgan fingerprint density at radius 1 is 1.07 bits per heavy atom. The number of pyridine rings is 1. The molecule has 9 heteroatoms. The first-order chi connectivity index (χ1) is 13.5. The molecule has 0 aliphatic carbocycles. The molecule has 0 radical (unpaired) electrons. The van der Waals surface area contributed by atoms with E-state index >= 15 is 0 Å². The van der Waals surface area contributed by atoms with Crippen LogP contribution in [0, 0.1) is 0 Å². The van der Waals surface area contributed by atoms with Crippen molar-refractivity contribution in [3.05, 3.63) is 70.9 Å². The zero-order valence-corrected chi connectivity index (χ0v) is 15.4. The SMILES string of the molecule is O=C(CCN1C(=O)S/C(=C/c2ccccc2)C1=O)NNC(=O)c1cccnc1. The number of benzene rings is 1. The standard InChI is InChI=1S/C19H16N4O4S/c24-16(21-22-17(25)14-7-4-9-20-12-14)8-10-23-18(26)15(28-19(23)27)11-13-5-2-1-3-6-13/h1-7,9,11-12H,8,10H2,(H,21,24)(H,22,25)/b15-11+. The largest absolute Gasteiger partial charge is 0.293 e. The summed E-state index contributed by atoms with van der Waals surface area (Å²) < 4.78 is 0. The molecule has 1 aromatic carbocycles. The molecule has 1 fully saturated rings. The number of hydrazine groups is 1. The van der Waals surface area contributed by atoms with Crippen LogP contribution in [-0.4, -0.2) is 39.4 Å². The smallest absolute Gasteiger partial charge is 0.273 e. The van der Waals surface area contributed by atoms with E-state index in [9.17, 15) is 19.2 Å². The van der Waals surface area contributed by atoms with Gasteiger partial charge in [0, 0.05) is 25.4 Å². The minimum Gasteiger partial charge on any atom is -0.273 e. The maximum Gasteiger partial charge on any atom is 0.293 e. The van der Waals surface area contributed by atoms with Crippen LogP contribution in [-0.2, 0) is 9.59 Å². The third-order valence-electron chi connectivity index (χ3n) is 3.77. The van der Waals surface area contributed by atoms with E-state index in [1.165, 1.54) is 12.4 Å². The summed E-state index contributed by atoms with van der Waals surface area (Å²) in [6.07, 6.45) is 4.39. The number of thioether (sulfide) groups is 1. The molecular formula is C19H16N4O4S. The maximum atomic E-state index is 12.4. The van der Waals surface area contributed by atoms with E-state index in [0.717, 1.165) is 22.2 Å². The number of aromatic nitrogens is 1. The molecule has 2 N–H and O–H groups in total. The Balaban J connectivity index is 1.50. The predicted molar refractivity (Wildman–Crippen MR) is 104 cm³/mol. The Kier molecular flexibility index (Phi) is 6.18. The zero-order chi connectivity index (χ0) is 19.9. The number of rotatable bonds is 5. The lowest BCUT2D eigenvalue weighted by Gasteiger charge is -2.12. The van der Waals surface area contributed by atoms with Gasteiger partial charge in [0.05, 0.1) is 10.5 Å². The number of carbonyl (C=O) groups excluding carboxylic acids is 4. The second-order valence-corrected chi connectivity index (χ2v) is 6.73. The summed E-state index contributed by atoms with van der Waals surface area (Å²) in [4.78, 5) is 53.3. The molecule has 0 saturated carbocycles. The van der Waals surface area contributed by atoms with E-state index in [2.05, 4.69) is 15.8 Å². The Hall–Kier alpha value is -3.46. The van der Waals surface area contributed by atoms with Crippen molar-refractivity contribution in [1.82, 2.24) is 20.7 Å². The first kappa shape index (κ1) is 19.3. The fraction of sp³-hybridized carbons (Fsp3) is 0.105. The van der Waals surface area contributed by atoms with Crippen LogP contribution in [0.5, 0.6) is 0 Å². The third kappa shape index (κ3) is 4.83. The first-order valence-electron chi connectivity index (χ1n) is 8.34. The van der Waals surface area contributed by atoms with Gasteiger partial charge in [0.15, 0.2) is 0 Å². The van der Waals surface area contributed by atoms with Crippen molar-refractivity contribution >= 4 is 40.8 Å². The molecule has 28 heavy (non-hydrogen) atoms. The van der Waals surface area contributed by atoms with Crippen molar-refractivity contribution < 1.29 is 19.2 Å². The highest BCUT2D eigenvalue weighted by molar-refractivity contribution is 8.18. The average Bonchev–Trinajstić information content (AvgIpc) is 2.98. The van der Waals surface area contributed by atoms with Crippen LogP contribution in [0.3, 0.4) is 0 Å². The van der Waals surface area contributed by atoms with E-state index < -0.39 is 23.0 Å². The number of carbonyl (C=O) groups is 4. The van der Waals surface area contributed by atoms with Crippen LogP contribution < -0.4 is 10.9 Å². The van der Waals surface area contributed by atoms with Gasteiger partial charge in [0.25, 0.3) is 17.1 Å². The molecule has 2 aromatic rings. The Morgan fingerprint density at radius 3 is 2.57 bits per heavy atom. The molecule has 142 valence electrons. The summed E-state index contributed by atoms with van der Waals surface area (Å²) in [5.74, 6) is -1.48. The number of hydrogen-bond acceptors (Lipinski definition) is 6. The summed E-state index contributed by atoms with van der Waals surface area (Å²) in [6.45, 7) is -0.0780.